The normalized spacial score (nSPS) is 19.0. The number of rotatable bonds is 6. The maximum atomic E-state index is 6.05. The standard InChI is InChI=1S/C23H28BrNO3/c1-17-8-9-18(21(24)13-17)14-25(16-20-6-3-10-26-20)15-19-5-2-7-22-23(19)28-12-4-11-27-22/h2,5,7-9,13,20H,3-4,6,10-12,14-16H2,1H3. The topological polar surface area (TPSA) is 30.9 Å². The van der Waals surface area contributed by atoms with Crippen LogP contribution in [0.2, 0.25) is 0 Å². The van der Waals surface area contributed by atoms with E-state index in [-0.39, 0.29) is 0 Å². The summed E-state index contributed by atoms with van der Waals surface area (Å²) < 4.78 is 19.0. The van der Waals surface area contributed by atoms with E-state index in [9.17, 15) is 0 Å². The highest BCUT2D eigenvalue weighted by Gasteiger charge is 2.22. The van der Waals surface area contributed by atoms with Crippen LogP contribution in [0.3, 0.4) is 0 Å². The molecule has 0 amide bonds. The van der Waals surface area contributed by atoms with Gasteiger partial charge in [-0.2, -0.15) is 0 Å². The zero-order valence-corrected chi connectivity index (χ0v) is 18.0. The molecule has 28 heavy (non-hydrogen) atoms. The second-order valence-electron chi connectivity index (χ2n) is 7.69. The van der Waals surface area contributed by atoms with Gasteiger partial charge in [-0.25, -0.2) is 0 Å². The fourth-order valence-electron chi connectivity index (χ4n) is 3.90. The molecule has 1 atom stereocenters. The van der Waals surface area contributed by atoms with Gasteiger partial charge in [-0.3, -0.25) is 4.90 Å². The van der Waals surface area contributed by atoms with Crippen molar-refractivity contribution in [2.45, 2.75) is 45.4 Å². The van der Waals surface area contributed by atoms with E-state index in [1.165, 1.54) is 16.7 Å². The number of hydrogen-bond donors (Lipinski definition) is 0. The van der Waals surface area contributed by atoms with Crippen LogP contribution < -0.4 is 9.47 Å². The average Bonchev–Trinajstić information content (AvgIpc) is 3.06. The molecule has 2 aromatic rings. The van der Waals surface area contributed by atoms with Crippen LogP contribution in [0.5, 0.6) is 11.5 Å². The van der Waals surface area contributed by atoms with E-state index >= 15 is 0 Å². The Kier molecular flexibility index (Phi) is 6.55. The van der Waals surface area contributed by atoms with Gasteiger partial charge < -0.3 is 14.2 Å². The van der Waals surface area contributed by atoms with Crippen LogP contribution in [0.1, 0.15) is 36.0 Å². The fourth-order valence-corrected chi connectivity index (χ4v) is 4.52. The van der Waals surface area contributed by atoms with Gasteiger partial charge in [-0.05, 0) is 43.0 Å². The molecule has 0 bridgehead atoms. The minimum Gasteiger partial charge on any atom is -0.490 e. The molecule has 2 aromatic carbocycles. The van der Waals surface area contributed by atoms with Gasteiger partial charge in [0.2, 0.25) is 0 Å². The van der Waals surface area contributed by atoms with Gasteiger partial charge in [0.1, 0.15) is 0 Å². The zero-order chi connectivity index (χ0) is 19.3. The Labute approximate surface area is 175 Å². The van der Waals surface area contributed by atoms with E-state index in [0.29, 0.717) is 19.3 Å². The number of para-hydroxylation sites is 1. The Bertz CT molecular complexity index is 804. The summed E-state index contributed by atoms with van der Waals surface area (Å²) in [5.41, 5.74) is 3.74. The van der Waals surface area contributed by atoms with E-state index < -0.39 is 0 Å². The first kappa shape index (κ1) is 19.7. The molecule has 2 aliphatic rings. The van der Waals surface area contributed by atoms with Crippen LogP contribution in [0, 0.1) is 6.92 Å². The molecule has 150 valence electrons. The second-order valence-corrected chi connectivity index (χ2v) is 8.55. The lowest BCUT2D eigenvalue weighted by molar-refractivity contribution is 0.0675. The molecule has 2 heterocycles. The van der Waals surface area contributed by atoms with Crippen molar-refractivity contribution in [2.24, 2.45) is 0 Å². The predicted molar refractivity (Wildman–Crippen MR) is 114 cm³/mol. The zero-order valence-electron chi connectivity index (χ0n) is 16.5. The van der Waals surface area contributed by atoms with Crippen molar-refractivity contribution in [2.75, 3.05) is 26.4 Å². The van der Waals surface area contributed by atoms with E-state index in [0.717, 1.165) is 61.5 Å². The van der Waals surface area contributed by atoms with Crippen LogP contribution in [0.15, 0.2) is 40.9 Å². The molecule has 4 nitrogen and oxygen atoms in total. The average molecular weight is 446 g/mol. The number of benzene rings is 2. The quantitative estimate of drug-likeness (QED) is 0.618. The minimum atomic E-state index is 0.309. The Morgan fingerprint density at radius 2 is 1.86 bits per heavy atom. The smallest absolute Gasteiger partial charge is 0.165 e. The molecule has 0 spiro atoms. The summed E-state index contributed by atoms with van der Waals surface area (Å²) in [5, 5.41) is 0. The summed E-state index contributed by atoms with van der Waals surface area (Å²) >= 11 is 3.74. The molecular weight excluding hydrogens is 418 g/mol. The monoisotopic (exact) mass is 445 g/mol. The molecule has 0 radical (unpaired) electrons. The van der Waals surface area contributed by atoms with Gasteiger partial charge in [-0.1, -0.05) is 40.2 Å². The number of ether oxygens (including phenoxy) is 3. The van der Waals surface area contributed by atoms with Gasteiger partial charge in [0.15, 0.2) is 11.5 Å². The highest BCUT2D eigenvalue weighted by Crippen LogP contribution is 2.34. The molecule has 0 aliphatic carbocycles. The third-order valence-corrected chi connectivity index (χ3v) is 6.07. The summed E-state index contributed by atoms with van der Waals surface area (Å²) in [7, 11) is 0. The first-order chi connectivity index (χ1) is 13.7. The maximum Gasteiger partial charge on any atom is 0.165 e. The molecule has 1 unspecified atom stereocenters. The Balaban J connectivity index is 1.57. The SMILES string of the molecule is Cc1ccc(CN(Cc2cccc3c2OCCCO3)CC2CCCO2)c(Br)c1. The summed E-state index contributed by atoms with van der Waals surface area (Å²) in [6, 6.07) is 12.8. The summed E-state index contributed by atoms with van der Waals surface area (Å²) in [6.45, 7) is 7.02. The molecular formula is C23H28BrNO3. The third-order valence-electron chi connectivity index (χ3n) is 5.34. The van der Waals surface area contributed by atoms with Crippen LogP contribution in [-0.4, -0.2) is 37.4 Å². The van der Waals surface area contributed by atoms with Gasteiger partial charge in [0.25, 0.3) is 0 Å². The number of aryl methyl sites for hydroxylation is 1. The Morgan fingerprint density at radius 3 is 2.68 bits per heavy atom. The third kappa shape index (κ3) is 4.88. The summed E-state index contributed by atoms with van der Waals surface area (Å²) in [4.78, 5) is 2.47. The van der Waals surface area contributed by atoms with Crippen LogP contribution in [0.25, 0.3) is 0 Å². The predicted octanol–water partition coefficient (Wildman–Crippen LogP) is 5.10. The van der Waals surface area contributed by atoms with E-state index in [1.54, 1.807) is 0 Å². The van der Waals surface area contributed by atoms with Crippen molar-refractivity contribution < 1.29 is 14.2 Å². The van der Waals surface area contributed by atoms with E-state index in [4.69, 9.17) is 14.2 Å². The van der Waals surface area contributed by atoms with E-state index in [1.807, 2.05) is 6.07 Å². The molecule has 1 saturated heterocycles. The van der Waals surface area contributed by atoms with Crippen LogP contribution in [-0.2, 0) is 17.8 Å². The molecule has 0 saturated carbocycles. The van der Waals surface area contributed by atoms with Gasteiger partial charge in [-0.15, -0.1) is 0 Å². The lowest BCUT2D eigenvalue weighted by Gasteiger charge is -2.27. The highest BCUT2D eigenvalue weighted by molar-refractivity contribution is 9.10. The Hall–Kier alpha value is -1.56. The number of fused-ring (bicyclic) bond motifs is 1. The van der Waals surface area contributed by atoms with Crippen molar-refractivity contribution >= 4 is 15.9 Å². The highest BCUT2D eigenvalue weighted by atomic mass is 79.9. The molecule has 2 aliphatic heterocycles. The maximum absolute atomic E-state index is 6.05. The first-order valence-corrected chi connectivity index (χ1v) is 10.9. The second kappa shape index (κ2) is 9.29. The van der Waals surface area contributed by atoms with Gasteiger partial charge in [0.05, 0.1) is 19.3 Å². The minimum absolute atomic E-state index is 0.309. The Morgan fingerprint density at radius 1 is 1.00 bits per heavy atom. The number of hydrogen-bond acceptors (Lipinski definition) is 4. The van der Waals surface area contributed by atoms with Crippen molar-refractivity contribution in [3.8, 4) is 11.5 Å². The van der Waals surface area contributed by atoms with Crippen molar-refractivity contribution in [3.05, 3.63) is 57.6 Å². The van der Waals surface area contributed by atoms with Gasteiger partial charge in [0, 0.05) is 42.7 Å². The number of nitrogens with zero attached hydrogens (tertiary/aromatic N) is 1. The van der Waals surface area contributed by atoms with Crippen molar-refractivity contribution in [1.82, 2.24) is 4.90 Å². The molecule has 0 N–H and O–H groups in total. The van der Waals surface area contributed by atoms with Crippen molar-refractivity contribution in [1.29, 1.82) is 0 Å². The fraction of sp³-hybridized carbons (Fsp3) is 0.478. The molecule has 4 rings (SSSR count). The molecule has 0 aromatic heterocycles. The summed E-state index contributed by atoms with van der Waals surface area (Å²) in [6.07, 6.45) is 3.52. The van der Waals surface area contributed by atoms with Crippen LogP contribution in [0.4, 0.5) is 0 Å². The lowest BCUT2D eigenvalue weighted by atomic mass is 10.1. The number of halogens is 1. The van der Waals surface area contributed by atoms with Crippen molar-refractivity contribution in [3.63, 3.8) is 0 Å². The lowest BCUT2D eigenvalue weighted by Crippen LogP contribution is -2.31. The first-order valence-electron chi connectivity index (χ1n) is 10.2. The van der Waals surface area contributed by atoms with E-state index in [2.05, 4.69) is 58.1 Å². The molecule has 1 fully saturated rings. The summed E-state index contributed by atoms with van der Waals surface area (Å²) in [5.74, 6) is 1.77. The van der Waals surface area contributed by atoms with Gasteiger partial charge >= 0.3 is 0 Å². The largest absolute Gasteiger partial charge is 0.490 e. The molecule has 5 heteroatoms. The van der Waals surface area contributed by atoms with Crippen LogP contribution >= 0.6 is 15.9 Å².